The van der Waals surface area contributed by atoms with Gasteiger partial charge >= 0.3 is 0 Å². The van der Waals surface area contributed by atoms with Crippen molar-refractivity contribution in [3.8, 4) is 0 Å². The maximum Gasteiger partial charge on any atom is 0.270 e. The fraction of sp³-hybridized carbons (Fsp3) is 0.625. The summed E-state index contributed by atoms with van der Waals surface area (Å²) in [5.41, 5.74) is 1.62. The molecule has 4 nitrogen and oxygen atoms in total. The molecule has 1 heterocycles. The van der Waals surface area contributed by atoms with E-state index < -0.39 is 0 Å². The molecule has 1 aromatic rings. The first-order chi connectivity index (χ1) is 9.53. The minimum absolute atomic E-state index is 0.0620. The smallest absolute Gasteiger partial charge is 0.270 e. The van der Waals surface area contributed by atoms with E-state index >= 15 is 0 Å². The summed E-state index contributed by atoms with van der Waals surface area (Å²) in [5, 5.41) is 6.33. The summed E-state index contributed by atoms with van der Waals surface area (Å²) in [5.74, 6) is -0.0620. The Labute approximate surface area is 121 Å². The second kappa shape index (κ2) is 6.25. The predicted octanol–water partition coefficient (Wildman–Crippen LogP) is 3.21. The minimum Gasteiger partial charge on any atom is -0.384 e. The van der Waals surface area contributed by atoms with Gasteiger partial charge in [-0.1, -0.05) is 26.7 Å². The Morgan fingerprint density at radius 3 is 2.80 bits per heavy atom. The van der Waals surface area contributed by atoms with E-state index in [0.29, 0.717) is 5.69 Å². The first kappa shape index (κ1) is 14.8. The van der Waals surface area contributed by atoms with Crippen molar-refractivity contribution in [2.45, 2.75) is 52.5 Å². The Morgan fingerprint density at radius 2 is 2.20 bits per heavy atom. The minimum atomic E-state index is -0.0620. The third kappa shape index (κ3) is 3.50. The Kier molecular flexibility index (Phi) is 4.63. The molecule has 4 heteroatoms. The van der Waals surface area contributed by atoms with Crippen LogP contribution in [-0.2, 0) is 0 Å². The molecule has 2 rings (SSSR count). The second-order valence-corrected chi connectivity index (χ2v) is 6.22. The molecule has 0 spiro atoms. The predicted molar refractivity (Wildman–Crippen MR) is 81.9 cm³/mol. The fourth-order valence-electron chi connectivity index (χ4n) is 2.83. The molecular weight excluding hydrogens is 250 g/mol. The number of rotatable bonds is 4. The first-order valence-electron chi connectivity index (χ1n) is 7.54. The molecule has 1 aliphatic rings. The van der Waals surface area contributed by atoms with E-state index in [0.717, 1.165) is 18.7 Å². The standard InChI is InChI=1S/C16H25N3O/c1-4-17-12-8-9-13(18-11-12)15(20)19-14-7-5-6-10-16(14,2)3/h8-9,11,14,17H,4-7,10H2,1-3H3,(H,19,20). The quantitative estimate of drug-likeness (QED) is 0.887. The maximum absolute atomic E-state index is 12.3. The molecule has 110 valence electrons. The molecule has 0 radical (unpaired) electrons. The Bertz CT molecular complexity index is 453. The molecule has 0 aliphatic heterocycles. The highest BCUT2D eigenvalue weighted by molar-refractivity contribution is 5.92. The molecular formula is C16H25N3O. The van der Waals surface area contributed by atoms with Crippen molar-refractivity contribution in [1.29, 1.82) is 0 Å². The zero-order chi connectivity index (χ0) is 14.6. The van der Waals surface area contributed by atoms with Crippen molar-refractivity contribution < 1.29 is 4.79 Å². The third-order valence-electron chi connectivity index (χ3n) is 4.19. The van der Waals surface area contributed by atoms with Crippen LogP contribution in [0.5, 0.6) is 0 Å². The van der Waals surface area contributed by atoms with Crippen LogP contribution in [0.2, 0.25) is 0 Å². The van der Waals surface area contributed by atoms with E-state index in [1.807, 2.05) is 13.0 Å². The number of carbonyl (C=O) groups excluding carboxylic acids is 1. The molecule has 1 saturated carbocycles. The molecule has 2 N–H and O–H groups in total. The van der Waals surface area contributed by atoms with Gasteiger partial charge in [-0.15, -0.1) is 0 Å². The number of hydrogen-bond donors (Lipinski definition) is 2. The zero-order valence-electron chi connectivity index (χ0n) is 12.7. The fourth-order valence-corrected chi connectivity index (χ4v) is 2.83. The van der Waals surface area contributed by atoms with Gasteiger partial charge in [0, 0.05) is 12.6 Å². The van der Waals surface area contributed by atoms with Crippen molar-refractivity contribution >= 4 is 11.6 Å². The van der Waals surface area contributed by atoms with Gasteiger partial charge < -0.3 is 10.6 Å². The van der Waals surface area contributed by atoms with Gasteiger partial charge in [-0.05, 0) is 37.3 Å². The Balaban J connectivity index is 2.00. The van der Waals surface area contributed by atoms with Crippen molar-refractivity contribution in [3.05, 3.63) is 24.0 Å². The summed E-state index contributed by atoms with van der Waals surface area (Å²) in [4.78, 5) is 16.5. The number of anilines is 1. The van der Waals surface area contributed by atoms with Crippen LogP contribution in [0.1, 0.15) is 56.9 Å². The van der Waals surface area contributed by atoms with E-state index in [9.17, 15) is 4.79 Å². The summed E-state index contributed by atoms with van der Waals surface area (Å²) >= 11 is 0. The van der Waals surface area contributed by atoms with Crippen LogP contribution >= 0.6 is 0 Å². The van der Waals surface area contributed by atoms with E-state index in [1.54, 1.807) is 12.3 Å². The number of nitrogens with zero attached hydrogens (tertiary/aromatic N) is 1. The lowest BCUT2D eigenvalue weighted by atomic mass is 9.73. The molecule has 1 unspecified atom stereocenters. The Hall–Kier alpha value is -1.58. The van der Waals surface area contributed by atoms with Gasteiger partial charge in [0.25, 0.3) is 5.91 Å². The monoisotopic (exact) mass is 275 g/mol. The SMILES string of the molecule is CCNc1ccc(C(=O)NC2CCCCC2(C)C)nc1. The second-order valence-electron chi connectivity index (χ2n) is 6.22. The van der Waals surface area contributed by atoms with Crippen LogP contribution < -0.4 is 10.6 Å². The average Bonchev–Trinajstić information content (AvgIpc) is 2.42. The molecule has 20 heavy (non-hydrogen) atoms. The summed E-state index contributed by atoms with van der Waals surface area (Å²) in [7, 11) is 0. The molecule has 1 atom stereocenters. The van der Waals surface area contributed by atoms with Gasteiger partial charge in [0.1, 0.15) is 5.69 Å². The molecule has 1 aromatic heterocycles. The van der Waals surface area contributed by atoms with Crippen molar-refractivity contribution in [2.24, 2.45) is 5.41 Å². The van der Waals surface area contributed by atoms with Crippen molar-refractivity contribution in [2.75, 3.05) is 11.9 Å². The molecule has 1 amide bonds. The highest BCUT2D eigenvalue weighted by Gasteiger charge is 2.33. The highest BCUT2D eigenvalue weighted by atomic mass is 16.1. The van der Waals surface area contributed by atoms with Crippen molar-refractivity contribution in [1.82, 2.24) is 10.3 Å². The van der Waals surface area contributed by atoms with Crippen LogP contribution in [0.4, 0.5) is 5.69 Å². The third-order valence-corrected chi connectivity index (χ3v) is 4.19. The van der Waals surface area contributed by atoms with Crippen LogP contribution in [0.15, 0.2) is 18.3 Å². The van der Waals surface area contributed by atoms with Gasteiger partial charge in [0.2, 0.25) is 0 Å². The number of amides is 1. The van der Waals surface area contributed by atoms with Gasteiger partial charge in [-0.2, -0.15) is 0 Å². The van der Waals surface area contributed by atoms with Crippen LogP contribution in [0.3, 0.4) is 0 Å². The normalized spacial score (nSPS) is 21.2. The van der Waals surface area contributed by atoms with E-state index in [-0.39, 0.29) is 17.4 Å². The lowest BCUT2D eigenvalue weighted by molar-refractivity contribution is 0.0848. The van der Waals surface area contributed by atoms with E-state index in [2.05, 4.69) is 29.5 Å². The van der Waals surface area contributed by atoms with Gasteiger partial charge in [-0.25, -0.2) is 4.98 Å². The van der Waals surface area contributed by atoms with E-state index in [4.69, 9.17) is 0 Å². The Morgan fingerprint density at radius 1 is 1.40 bits per heavy atom. The lowest BCUT2D eigenvalue weighted by Crippen LogP contribution is -2.47. The van der Waals surface area contributed by atoms with Crippen molar-refractivity contribution in [3.63, 3.8) is 0 Å². The average molecular weight is 275 g/mol. The van der Waals surface area contributed by atoms with Gasteiger partial charge in [0.15, 0.2) is 0 Å². The summed E-state index contributed by atoms with van der Waals surface area (Å²) in [6.07, 6.45) is 6.40. The van der Waals surface area contributed by atoms with Gasteiger partial charge in [0.05, 0.1) is 11.9 Å². The molecule has 0 saturated heterocycles. The zero-order valence-corrected chi connectivity index (χ0v) is 12.7. The summed E-state index contributed by atoms with van der Waals surface area (Å²) in [6.45, 7) is 7.35. The number of nitrogens with one attached hydrogen (secondary N) is 2. The van der Waals surface area contributed by atoms with Crippen LogP contribution in [0, 0.1) is 5.41 Å². The van der Waals surface area contributed by atoms with Gasteiger partial charge in [-0.3, -0.25) is 4.79 Å². The highest BCUT2D eigenvalue weighted by Crippen LogP contribution is 2.35. The molecule has 0 aromatic carbocycles. The largest absolute Gasteiger partial charge is 0.384 e. The number of aromatic nitrogens is 1. The molecule has 0 bridgehead atoms. The van der Waals surface area contributed by atoms with Crippen LogP contribution in [-0.4, -0.2) is 23.5 Å². The first-order valence-corrected chi connectivity index (χ1v) is 7.54. The van der Waals surface area contributed by atoms with Crippen LogP contribution in [0.25, 0.3) is 0 Å². The topological polar surface area (TPSA) is 54.0 Å². The summed E-state index contributed by atoms with van der Waals surface area (Å²) in [6, 6.07) is 3.93. The number of pyridine rings is 1. The summed E-state index contributed by atoms with van der Waals surface area (Å²) < 4.78 is 0. The molecule has 1 fully saturated rings. The lowest BCUT2D eigenvalue weighted by Gasteiger charge is -2.38. The number of carbonyl (C=O) groups is 1. The maximum atomic E-state index is 12.3. The molecule has 1 aliphatic carbocycles. The number of hydrogen-bond acceptors (Lipinski definition) is 3. The van der Waals surface area contributed by atoms with E-state index in [1.165, 1.54) is 19.3 Å².